The van der Waals surface area contributed by atoms with Crippen molar-refractivity contribution in [1.29, 1.82) is 0 Å². The molecule has 0 atom stereocenters. The Morgan fingerprint density at radius 3 is 1.40 bits per heavy atom. The summed E-state index contributed by atoms with van der Waals surface area (Å²) in [5, 5.41) is 0. The van der Waals surface area contributed by atoms with Crippen molar-refractivity contribution in [2.45, 2.75) is 41.5 Å². The number of halogens is 1. The minimum absolute atomic E-state index is 0. The van der Waals surface area contributed by atoms with Gasteiger partial charge in [0.15, 0.2) is 0 Å². The molecule has 0 spiro atoms. The second kappa shape index (κ2) is 8.97. The van der Waals surface area contributed by atoms with Gasteiger partial charge in [-0.25, -0.2) is 9.98 Å². The van der Waals surface area contributed by atoms with E-state index in [4.69, 9.17) is 4.74 Å². The third-order valence-electron chi connectivity index (χ3n) is 2.09. The topological polar surface area (TPSA) is 68.1 Å². The zero-order valence-corrected chi connectivity index (χ0v) is 13.9. The van der Waals surface area contributed by atoms with E-state index in [1.54, 1.807) is 41.5 Å². The summed E-state index contributed by atoms with van der Waals surface area (Å²) >= 11 is 0. The molecular formula is C14H25ClN2O3. The second-order valence-corrected chi connectivity index (χ2v) is 6.27. The average molecular weight is 305 g/mol. The first kappa shape index (κ1) is 21.2. The van der Waals surface area contributed by atoms with Crippen molar-refractivity contribution in [3.63, 3.8) is 0 Å². The molecule has 0 aliphatic heterocycles. The Balaban J connectivity index is 0. The van der Waals surface area contributed by atoms with Crippen molar-refractivity contribution < 1.29 is 14.3 Å². The first-order valence-corrected chi connectivity index (χ1v) is 6.27. The summed E-state index contributed by atoms with van der Waals surface area (Å²) in [5.41, 5.74) is -0.950. The van der Waals surface area contributed by atoms with Crippen LogP contribution in [-0.2, 0) is 14.3 Å². The van der Waals surface area contributed by atoms with Gasteiger partial charge >= 0.3 is 0 Å². The van der Waals surface area contributed by atoms with Gasteiger partial charge in [0.25, 0.3) is 11.8 Å². The van der Waals surface area contributed by atoms with Crippen molar-refractivity contribution in [3.8, 4) is 0 Å². The normalized spacial score (nSPS) is 12.7. The predicted molar refractivity (Wildman–Crippen MR) is 84.0 cm³/mol. The predicted octanol–water partition coefficient (Wildman–Crippen LogP) is 2.71. The summed E-state index contributed by atoms with van der Waals surface area (Å²) in [6.07, 6.45) is 2.85. The molecule has 0 aliphatic carbocycles. The van der Waals surface area contributed by atoms with Gasteiger partial charge in [-0.05, 0) is 0 Å². The molecule has 0 bridgehead atoms. The lowest BCUT2D eigenvalue weighted by Gasteiger charge is -2.11. The summed E-state index contributed by atoms with van der Waals surface area (Å²) in [6.45, 7) is 11.3. The number of amides is 2. The highest BCUT2D eigenvalue weighted by Crippen LogP contribution is 2.15. The van der Waals surface area contributed by atoms with Crippen LogP contribution in [0.4, 0.5) is 0 Å². The fourth-order valence-electron chi connectivity index (χ4n) is 0.801. The molecule has 0 aliphatic rings. The zero-order valence-electron chi connectivity index (χ0n) is 13.1. The van der Waals surface area contributed by atoms with Crippen LogP contribution in [0.1, 0.15) is 41.5 Å². The molecule has 0 saturated carbocycles. The lowest BCUT2D eigenvalue weighted by molar-refractivity contribution is -0.125. The Hall–Kier alpha value is -1.07. The van der Waals surface area contributed by atoms with E-state index in [1.807, 2.05) is 0 Å². The monoisotopic (exact) mass is 304 g/mol. The van der Waals surface area contributed by atoms with Crippen LogP contribution in [0.25, 0.3) is 0 Å². The van der Waals surface area contributed by atoms with Crippen molar-refractivity contribution in [1.82, 2.24) is 0 Å². The fourth-order valence-corrected chi connectivity index (χ4v) is 0.801. The first-order valence-electron chi connectivity index (χ1n) is 6.27. The van der Waals surface area contributed by atoms with E-state index in [-0.39, 0.29) is 37.4 Å². The molecule has 0 heterocycles. The second-order valence-electron chi connectivity index (χ2n) is 6.27. The lowest BCUT2D eigenvalue weighted by Crippen LogP contribution is -2.18. The number of nitrogens with zero attached hydrogens (tertiary/aromatic N) is 2. The van der Waals surface area contributed by atoms with E-state index in [9.17, 15) is 9.59 Å². The minimum Gasteiger partial charge on any atom is -0.370 e. The van der Waals surface area contributed by atoms with Gasteiger partial charge in [-0.1, -0.05) is 41.5 Å². The maximum Gasteiger partial charge on any atom is 0.250 e. The zero-order chi connectivity index (χ0) is 15.1. The number of ether oxygens (including phenoxy) is 1. The molecule has 0 saturated heterocycles. The molecule has 20 heavy (non-hydrogen) atoms. The van der Waals surface area contributed by atoms with Gasteiger partial charge in [0.05, 0.1) is 13.2 Å². The highest BCUT2D eigenvalue weighted by atomic mass is 35.5. The Morgan fingerprint density at radius 1 is 0.850 bits per heavy atom. The molecule has 0 radical (unpaired) electrons. The molecule has 2 amide bonds. The average Bonchev–Trinajstić information content (AvgIpc) is 2.24. The van der Waals surface area contributed by atoms with E-state index in [0.29, 0.717) is 0 Å². The highest BCUT2D eigenvalue weighted by Gasteiger charge is 2.20. The quantitative estimate of drug-likeness (QED) is 0.592. The fraction of sp³-hybridized carbons (Fsp3) is 0.714. The van der Waals surface area contributed by atoms with Gasteiger partial charge < -0.3 is 4.74 Å². The molecule has 0 rings (SSSR count). The molecule has 116 valence electrons. The van der Waals surface area contributed by atoms with Crippen molar-refractivity contribution in [3.05, 3.63) is 0 Å². The van der Waals surface area contributed by atoms with E-state index in [2.05, 4.69) is 9.98 Å². The van der Waals surface area contributed by atoms with Gasteiger partial charge in [-0.3, -0.25) is 9.59 Å². The maximum absolute atomic E-state index is 11.4. The van der Waals surface area contributed by atoms with Crippen molar-refractivity contribution >= 4 is 36.7 Å². The van der Waals surface area contributed by atoms with E-state index < -0.39 is 10.8 Å². The SMILES string of the molecule is CC(C)(C)C(=O)N=CCOCC=NC(=O)C(C)(C)C.Cl. The standard InChI is InChI=1S/C14H24N2O3.ClH/c1-13(2,3)11(17)15-7-9-19-10-8-16-12(18)14(4,5)6;/h7-8H,9-10H2,1-6H3;1H. The summed E-state index contributed by atoms with van der Waals surface area (Å²) in [6, 6.07) is 0. The molecule has 0 aromatic heterocycles. The van der Waals surface area contributed by atoms with Crippen LogP contribution in [0.15, 0.2) is 9.98 Å². The first-order chi connectivity index (χ1) is 8.55. The third-order valence-corrected chi connectivity index (χ3v) is 2.09. The van der Waals surface area contributed by atoms with Crippen LogP contribution in [0.3, 0.4) is 0 Å². The van der Waals surface area contributed by atoms with Gasteiger partial charge in [-0.15, -0.1) is 12.4 Å². The molecule has 0 aromatic rings. The van der Waals surface area contributed by atoms with Crippen molar-refractivity contribution in [2.24, 2.45) is 20.8 Å². The third kappa shape index (κ3) is 9.81. The Bertz CT molecular complexity index is 341. The number of rotatable bonds is 4. The van der Waals surface area contributed by atoms with E-state index in [1.165, 1.54) is 12.4 Å². The number of hydrogen-bond donors (Lipinski definition) is 0. The van der Waals surface area contributed by atoms with Gasteiger partial charge in [-0.2, -0.15) is 0 Å². The molecule has 0 aromatic carbocycles. The number of carbonyl (C=O) groups is 2. The number of aliphatic imine (C=N–C) groups is 2. The number of carbonyl (C=O) groups excluding carboxylic acids is 2. The lowest BCUT2D eigenvalue weighted by atomic mass is 9.96. The Labute approximate surface area is 127 Å². The van der Waals surface area contributed by atoms with Crippen LogP contribution in [0.5, 0.6) is 0 Å². The summed E-state index contributed by atoms with van der Waals surface area (Å²) in [5.74, 6) is -0.375. The van der Waals surface area contributed by atoms with Crippen LogP contribution in [0.2, 0.25) is 0 Å². The van der Waals surface area contributed by atoms with Crippen LogP contribution in [0, 0.1) is 10.8 Å². The summed E-state index contributed by atoms with van der Waals surface area (Å²) < 4.78 is 5.16. The van der Waals surface area contributed by atoms with E-state index >= 15 is 0 Å². The van der Waals surface area contributed by atoms with Gasteiger partial charge in [0.1, 0.15) is 0 Å². The van der Waals surface area contributed by atoms with Crippen LogP contribution >= 0.6 is 12.4 Å². The van der Waals surface area contributed by atoms with Gasteiger partial charge in [0, 0.05) is 23.3 Å². The maximum atomic E-state index is 11.4. The smallest absolute Gasteiger partial charge is 0.250 e. The molecular weight excluding hydrogens is 280 g/mol. The highest BCUT2D eigenvalue weighted by molar-refractivity contribution is 5.89. The Morgan fingerprint density at radius 2 is 1.15 bits per heavy atom. The largest absolute Gasteiger partial charge is 0.370 e. The van der Waals surface area contributed by atoms with Crippen LogP contribution < -0.4 is 0 Å². The molecule has 0 N–H and O–H groups in total. The summed E-state index contributed by atoms with van der Waals surface area (Å²) in [7, 11) is 0. The van der Waals surface area contributed by atoms with Crippen LogP contribution in [-0.4, -0.2) is 37.5 Å². The molecule has 0 fully saturated rings. The van der Waals surface area contributed by atoms with E-state index in [0.717, 1.165) is 0 Å². The van der Waals surface area contributed by atoms with Crippen molar-refractivity contribution in [2.75, 3.05) is 13.2 Å². The molecule has 6 heteroatoms. The summed E-state index contributed by atoms with van der Waals surface area (Å²) in [4.78, 5) is 30.4. The minimum atomic E-state index is -0.475. The van der Waals surface area contributed by atoms with Gasteiger partial charge in [0.2, 0.25) is 0 Å². The Kier molecular flexibility index (Phi) is 9.53. The molecule has 0 unspecified atom stereocenters. The number of hydrogen-bond acceptors (Lipinski definition) is 3. The molecule has 5 nitrogen and oxygen atoms in total.